The Morgan fingerprint density at radius 2 is 1.89 bits per heavy atom. The Kier molecular flexibility index (Phi) is 5.80. The van der Waals surface area contributed by atoms with E-state index in [2.05, 4.69) is 27.3 Å². The van der Waals surface area contributed by atoms with Crippen LogP contribution >= 0.6 is 39.5 Å². The molecular weight excluding hydrogens is 444 g/mol. The zero-order valence-electron chi connectivity index (χ0n) is 14.6. The lowest BCUT2D eigenvalue weighted by atomic mass is 10.1. The Bertz CT molecular complexity index is 871. The zero-order valence-corrected chi connectivity index (χ0v) is 17.8. The second-order valence-corrected chi connectivity index (χ2v) is 10.1. The van der Waals surface area contributed by atoms with Crippen molar-refractivity contribution < 1.29 is 9.59 Å². The van der Waals surface area contributed by atoms with Gasteiger partial charge in [-0.3, -0.25) is 9.59 Å². The number of thioether (sulfide) groups is 2. The van der Waals surface area contributed by atoms with Crippen LogP contribution in [0.15, 0.2) is 53.0 Å². The molecule has 0 aromatic heterocycles. The van der Waals surface area contributed by atoms with Crippen molar-refractivity contribution >= 4 is 62.6 Å². The predicted molar refractivity (Wildman–Crippen MR) is 117 cm³/mol. The molecule has 0 spiro atoms. The van der Waals surface area contributed by atoms with E-state index < -0.39 is 5.92 Å². The third kappa shape index (κ3) is 4.20. The van der Waals surface area contributed by atoms with Crippen molar-refractivity contribution in [3.63, 3.8) is 0 Å². The number of amides is 2. The highest BCUT2D eigenvalue weighted by Gasteiger charge is 2.37. The average Bonchev–Trinajstić information content (AvgIpc) is 3.32. The Hall–Kier alpha value is -1.44. The summed E-state index contributed by atoms with van der Waals surface area (Å²) in [5.74, 6) is 1.33. The Morgan fingerprint density at radius 1 is 1.11 bits per heavy atom. The van der Waals surface area contributed by atoms with Crippen LogP contribution in [-0.2, 0) is 9.59 Å². The number of nitrogens with one attached hydrogen (secondary N) is 1. The van der Waals surface area contributed by atoms with Gasteiger partial charge in [-0.05, 0) is 42.3 Å². The molecule has 2 aromatic rings. The largest absolute Gasteiger partial charge is 0.325 e. The summed E-state index contributed by atoms with van der Waals surface area (Å²) in [6.07, 6.45) is 0.533. The number of carbonyl (C=O) groups excluding carboxylic acids is 2. The number of hydrogen-bond donors (Lipinski definition) is 1. The van der Waals surface area contributed by atoms with Gasteiger partial charge in [-0.25, -0.2) is 0 Å². The van der Waals surface area contributed by atoms with E-state index in [1.165, 1.54) is 5.56 Å². The van der Waals surface area contributed by atoms with E-state index in [1.807, 2.05) is 66.0 Å². The second kappa shape index (κ2) is 8.29. The number of benzene rings is 2. The fourth-order valence-corrected chi connectivity index (χ4v) is 6.59. The maximum atomic E-state index is 12.8. The van der Waals surface area contributed by atoms with Crippen molar-refractivity contribution in [2.24, 2.45) is 5.92 Å². The van der Waals surface area contributed by atoms with Gasteiger partial charge < -0.3 is 10.2 Å². The van der Waals surface area contributed by atoms with Crippen molar-refractivity contribution in [2.45, 2.75) is 11.0 Å². The van der Waals surface area contributed by atoms with Crippen LogP contribution in [0.3, 0.4) is 0 Å². The molecule has 1 N–H and O–H groups in total. The molecular formula is C20H19BrN2O2S2. The van der Waals surface area contributed by atoms with E-state index in [0.29, 0.717) is 17.5 Å². The molecule has 2 aliphatic rings. The molecule has 1 atom stereocenters. The highest BCUT2D eigenvalue weighted by molar-refractivity contribution is 9.10. The molecule has 2 fully saturated rings. The SMILES string of the molecule is O=C(Nc1cccc(C2SCCS2)c1)C1CCN(c2cccc(Br)c2)C1=O. The molecule has 2 amide bonds. The second-order valence-electron chi connectivity index (χ2n) is 6.50. The van der Waals surface area contributed by atoms with Gasteiger partial charge in [-0.2, -0.15) is 0 Å². The van der Waals surface area contributed by atoms with E-state index in [0.717, 1.165) is 27.4 Å². The fraction of sp³-hybridized carbons (Fsp3) is 0.300. The summed E-state index contributed by atoms with van der Waals surface area (Å²) in [5.41, 5.74) is 2.80. The quantitative estimate of drug-likeness (QED) is 0.655. The maximum absolute atomic E-state index is 12.8. The minimum atomic E-state index is -0.636. The Labute approximate surface area is 175 Å². The first-order valence-corrected chi connectivity index (χ1v) is 11.7. The number of anilines is 2. The molecule has 7 heteroatoms. The highest BCUT2D eigenvalue weighted by Crippen LogP contribution is 2.45. The third-order valence-corrected chi connectivity index (χ3v) is 8.29. The van der Waals surface area contributed by atoms with Gasteiger partial charge in [0.2, 0.25) is 11.8 Å². The molecule has 2 aliphatic heterocycles. The molecule has 0 aliphatic carbocycles. The molecule has 1 unspecified atom stereocenters. The van der Waals surface area contributed by atoms with Crippen molar-refractivity contribution in [2.75, 3.05) is 28.3 Å². The van der Waals surface area contributed by atoms with Crippen LogP contribution in [0, 0.1) is 5.92 Å². The smallest absolute Gasteiger partial charge is 0.239 e. The van der Waals surface area contributed by atoms with Gasteiger partial charge in [0.05, 0.1) is 4.58 Å². The van der Waals surface area contributed by atoms with Crippen LogP contribution in [0.5, 0.6) is 0 Å². The van der Waals surface area contributed by atoms with Gasteiger partial charge >= 0.3 is 0 Å². The molecule has 0 radical (unpaired) electrons. The monoisotopic (exact) mass is 462 g/mol. The first kappa shape index (κ1) is 18.9. The summed E-state index contributed by atoms with van der Waals surface area (Å²) in [6, 6.07) is 15.6. The van der Waals surface area contributed by atoms with Gasteiger partial charge in [0.1, 0.15) is 5.92 Å². The molecule has 4 rings (SSSR count). The molecule has 27 heavy (non-hydrogen) atoms. The minimum absolute atomic E-state index is 0.136. The number of hydrogen-bond acceptors (Lipinski definition) is 4. The summed E-state index contributed by atoms with van der Waals surface area (Å²) in [4.78, 5) is 27.2. The molecule has 2 heterocycles. The fourth-order valence-electron chi connectivity index (χ4n) is 3.37. The third-order valence-electron chi connectivity index (χ3n) is 4.69. The normalized spacial score (nSPS) is 20.3. The van der Waals surface area contributed by atoms with E-state index in [4.69, 9.17) is 0 Å². The van der Waals surface area contributed by atoms with Crippen LogP contribution in [0.1, 0.15) is 16.6 Å². The standard InChI is InChI=1S/C20H19BrN2O2S2/c21-14-4-2-6-16(12-14)23-8-7-17(19(23)25)18(24)22-15-5-1-3-13(11-15)20-26-9-10-27-20/h1-6,11-12,17,20H,7-10H2,(H,22,24). The predicted octanol–water partition coefficient (Wildman–Crippen LogP) is 4.92. The maximum Gasteiger partial charge on any atom is 0.239 e. The molecule has 0 bridgehead atoms. The number of rotatable bonds is 4. The Balaban J connectivity index is 1.44. The summed E-state index contributed by atoms with van der Waals surface area (Å²) >= 11 is 7.30. The zero-order chi connectivity index (χ0) is 18.8. The van der Waals surface area contributed by atoms with Gasteiger partial charge in [-0.1, -0.05) is 34.1 Å². The summed E-state index contributed by atoms with van der Waals surface area (Å²) < 4.78 is 1.35. The average molecular weight is 463 g/mol. The first-order valence-electron chi connectivity index (χ1n) is 8.83. The Morgan fingerprint density at radius 3 is 2.67 bits per heavy atom. The molecule has 2 aromatic carbocycles. The van der Waals surface area contributed by atoms with E-state index in [9.17, 15) is 9.59 Å². The molecule has 4 nitrogen and oxygen atoms in total. The summed E-state index contributed by atoms with van der Waals surface area (Å²) in [7, 11) is 0. The van der Waals surface area contributed by atoms with Gasteiger partial charge in [0.15, 0.2) is 0 Å². The van der Waals surface area contributed by atoms with Crippen molar-refractivity contribution in [1.29, 1.82) is 0 Å². The van der Waals surface area contributed by atoms with Crippen LogP contribution in [0.2, 0.25) is 0 Å². The topological polar surface area (TPSA) is 49.4 Å². The van der Waals surface area contributed by atoms with E-state index in [-0.39, 0.29) is 11.8 Å². The number of halogens is 1. The first-order chi connectivity index (χ1) is 13.1. The van der Waals surface area contributed by atoms with Crippen molar-refractivity contribution in [3.05, 3.63) is 58.6 Å². The van der Waals surface area contributed by atoms with Crippen LogP contribution in [-0.4, -0.2) is 29.9 Å². The lowest BCUT2D eigenvalue weighted by Gasteiger charge is -2.17. The van der Waals surface area contributed by atoms with Gasteiger partial charge in [0, 0.05) is 33.9 Å². The number of carbonyl (C=O) groups is 2. The van der Waals surface area contributed by atoms with E-state index >= 15 is 0 Å². The molecule has 0 saturated carbocycles. The minimum Gasteiger partial charge on any atom is -0.325 e. The molecule has 2 saturated heterocycles. The lowest BCUT2D eigenvalue weighted by molar-refractivity contribution is -0.129. The van der Waals surface area contributed by atoms with Gasteiger partial charge in [0.25, 0.3) is 0 Å². The van der Waals surface area contributed by atoms with Crippen LogP contribution in [0.25, 0.3) is 0 Å². The highest BCUT2D eigenvalue weighted by atomic mass is 79.9. The van der Waals surface area contributed by atoms with Gasteiger partial charge in [-0.15, -0.1) is 23.5 Å². The summed E-state index contributed by atoms with van der Waals surface area (Å²) in [5, 5.41) is 2.95. The van der Waals surface area contributed by atoms with Crippen LogP contribution in [0.4, 0.5) is 11.4 Å². The van der Waals surface area contributed by atoms with Crippen molar-refractivity contribution in [3.8, 4) is 0 Å². The van der Waals surface area contributed by atoms with Crippen LogP contribution < -0.4 is 10.2 Å². The summed E-state index contributed by atoms with van der Waals surface area (Å²) in [6.45, 7) is 0.558. The molecule has 140 valence electrons. The van der Waals surface area contributed by atoms with Crippen molar-refractivity contribution in [1.82, 2.24) is 0 Å². The van der Waals surface area contributed by atoms with E-state index in [1.54, 1.807) is 4.90 Å². The number of nitrogens with zero attached hydrogens (tertiary/aromatic N) is 1. The lowest BCUT2D eigenvalue weighted by Crippen LogP contribution is -2.33.